The van der Waals surface area contributed by atoms with Gasteiger partial charge in [-0.2, -0.15) is 0 Å². The first-order valence-corrected chi connectivity index (χ1v) is 8.91. The zero-order chi connectivity index (χ0) is 16.8. The van der Waals surface area contributed by atoms with Crippen LogP contribution in [0, 0.1) is 0 Å². The van der Waals surface area contributed by atoms with E-state index in [1.165, 1.54) is 22.5 Å². The average molecular weight is 324 g/mol. The van der Waals surface area contributed by atoms with Crippen molar-refractivity contribution in [1.29, 1.82) is 0 Å². The quantitative estimate of drug-likeness (QED) is 0.884. The lowest BCUT2D eigenvalue weighted by atomic mass is 10.0. The molecule has 0 unspecified atom stereocenters. The summed E-state index contributed by atoms with van der Waals surface area (Å²) in [6.07, 6.45) is 5.00. The van der Waals surface area contributed by atoms with E-state index < -0.39 is 0 Å². The smallest absolute Gasteiger partial charge is 0.0553 e. The molecule has 1 aromatic carbocycles. The number of benzene rings is 1. The van der Waals surface area contributed by atoms with Crippen molar-refractivity contribution in [3.8, 4) is 0 Å². The van der Waals surface area contributed by atoms with Crippen LogP contribution in [0.4, 0.5) is 5.69 Å². The molecular weight excluding hydrogens is 296 g/mol. The third-order valence-corrected chi connectivity index (χ3v) is 4.80. The Bertz CT molecular complexity index is 613. The van der Waals surface area contributed by atoms with Gasteiger partial charge in [-0.1, -0.05) is 24.3 Å². The molecule has 0 spiro atoms. The van der Waals surface area contributed by atoms with Crippen LogP contribution in [0.2, 0.25) is 0 Å². The fourth-order valence-corrected chi connectivity index (χ4v) is 3.13. The topological polar surface area (TPSA) is 45.4 Å². The molecule has 2 aromatic rings. The van der Waals surface area contributed by atoms with Gasteiger partial charge in [0.15, 0.2) is 0 Å². The van der Waals surface area contributed by atoms with E-state index in [0.717, 1.165) is 45.4 Å². The average Bonchev–Trinajstić information content (AvgIpc) is 2.63. The fraction of sp³-hybridized carbons (Fsp3) is 0.450. The number of piperazine rings is 1. The molecule has 1 saturated heterocycles. The predicted octanol–water partition coefficient (Wildman–Crippen LogP) is 2.12. The Morgan fingerprint density at radius 1 is 0.875 bits per heavy atom. The minimum atomic E-state index is 0.711. The number of nitrogens with two attached hydrogens (primary N) is 1. The van der Waals surface area contributed by atoms with Gasteiger partial charge in [0.05, 0.1) is 11.9 Å². The van der Waals surface area contributed by atoms with Gasteiger partial charge in [-0.25, -0.2) is 0 Å². The fourth-order valence-electron chi connectivity index (χ4n) is 3.13. The first-order valence-electron chi connectivity index (χ1n) is 8.91. The summed E-state index contributed by atoms with van der Waals surface area (Å²) < 4.78 is 0. The SMILES string of the molecule is CN1CCN(c2ccc(CCc3ccc(CCN)cc3)nc2)CC1. The van der Waals surface area contributed by atoms with Crippen molar-refractivity contribution in [3.05, 3.63) is 59.4 Å². The van der Waals surface area contributed by atoms with Crippen molar-refractivity contribution in [2.45, 2.75) is 19.3 Å². The van der Waals surface area contributed by atoms with Crippen molar-refractivity contribution in [2.24, 2.45) is 5.73 Å². The minimum Gasteiger partial charge on any atom is -0.368 e. The Hall–Kier alpha value is -1.91. The Kier molecular flexibility index (Phi) is 5.83. The highest BCUT2D eigenvalue weighted by Gasteiger charge is 2.14. The number of pyridine rings is 1. The lowest BCUT2D eigenvalue weighted by molar-refractivity contribution is 0.313. The maximum atomic E-state index is 5.59. The number of aryl methyl sites for hydroxylation is 2. The number of rotatable bonds is 6. The molecule has 24 heavy (non-hydrogen) atoms. The van der Waals surface area contributed by atoms with Gasteiger partial charge in [0, 0.05) is 31.9 Å². The summed E-state index contributed by atoms with van der Waals surface area (Å²) in [6, 6.07) is 13.2. The summed E-state index contributed by atoms with van der Waals surface area (Å²) in [7, 11) is 2.18. The van der Waals surface area contributed by atoms with Gasteiger partial charge >= 0.3 is 0 Å². The Morgan fingerprint density at radius 2 is 1.54 bits per heavy atom. The third kappa shape index (κ3) is 4.56. The molecule has 3 rings (SSSR count). The van der Waals surface area contributed by atoms with Crippen LogP contribution in [0.25, 0.3) is 0 Å². The lowest BCUT2D eigenvalue weighted by Crippen LogP contribution is -2.44. The standard InChI is InChI=1S/C20H28N4/c1-23-12-14-24(15-13-23)20-9-8-19(22-16-20)7-6-17-2-4-18(5-3-17)10-11-21/h2-5,8-9,16H,6-7,10-15,21H2,1H3. The summed E-state index contributed by atoms with van der Waals surface area (Å²) in [5, 5.41) is 0. The van der Waals surface area contributed by atoms with E-state index in [1.807, 2.05) is 6.20 Å². The highest BCUT2D eigenvalue weighted by atomic mass is 15.2. The van der Waals surface area contributed by atoms with Crippen molar-refractivity contribution in [3.63, 3.8) is 0 Å². The molecule has 0 radical (unpaired) electrons. The Labute approximate surface area is 145 Å². The van der Waals surface area contributed by atoms with Gasteiger partial charge in [0.1, 0.15) is 0 Å². The van der Waals surface area contributed by atoms with Crippen LogP contribution in [-0.2, 0) is 19.3 Å². The van der Waals surface area contributed by atoms with E-state index in [2.05, 4.69) is 58.2 Å². The normalized spacial score (nSPS) is 15.7. The van der Waals surface area contributed by atoms with Gasteiger partial charge in [0.25, 0.3) is 0 Å². The summed E-state index contributed by atoms with van der Waals surface area (Å²) in [6.45, 7) is 5.14. The molecule has 0 atom stereocenters. The number of nitrogens with zero attached hydrogens (tertiary/aromatic N) is 3. The monoisotopic (exact) mass is 324 g/mol. The van der Waals surface area contributed by atoms with Crippen molar-refractivity contribution >= 4 is 5.69 Å². The number of likely N-dealkylation sites (N-methyl/N-ethyl adjacent to an activating group) is 1. The lowest BCUT2D eigenvalue weighted by Gasteiger charge is -2.33. The van der Waals surface area contributed by atoms with Crippen LogP contribution in [0.3, 0.4) is 0 Å². The number of anilines is 1. The molecule has 128 valence electrons. The van der Waals surface area contributed by atoms with Gasteiger partial charge < -0.3 is 15.5 Å². The van der Waals surface area contributed by atoms with E-state index in [1.54, 1.807) is 0 Å². The number of aromatic nitrogens is 1. The highest BCUT2D eigenvalue weighted by molar-refractivity contribution is 5.45. The second-order valence-electron chi connectivity index (χ2n) is 6.65. The number of hydrogen-bond acceptors (Lipinski definition) is 4. The van der Waals surface area contributed by atoms with Gasteiger partial charge in [0.2, 0.25) is 0 Å². The molecular formula is C20H28N4. The van der Waals surface area contributed by atoms with Gasteiger partial charge in [-0.3, -0.25) is 4.98 Å². The molecule has 1 fully saturated rings. The highest BCUT2D eigenvalue weighted by Crippen LogP contribution is 2.16. The first kappa shape index (κ1) is 16.9. The molecule has 4 heteroatoms. The van der Waals surface area contributed by atoms with Crippen LogP contribution in [-0.4, -0.2) is 49.7 Å². The molecule has 1 aliphatic heterocycles. The molecule has 0 aliphatic carbocycles. The van der Waals surface area contributed by atoms with Crippen LogP contribution in [0.1, 0.15) is 16.8 Å². The second-order valence-corrected chi connectivity index (χ2v) is 6.65. The van der Waals surface area contributed by atoms with Crippen LogP contribution >= 0.6 is 0 Å². The molecule has 0 bridgehead atoms. The van der Waals surface area contributed by atoms with Crippen molar-refractivity contribution < 1.29 is 0 Å². The van der Waals surface area contributed by atoms with E-state index in [4.69, 9.17) is 5.73 Å². The van der Waals surface area contributed by atoms with Crippen molar-refractivity contribution in [2.75, 3.05) is 44.7 Å². The summed E-state index contributed by atoms with van der Waals surface area (Å²) in [5.41, 5.74) is 10.7. The third-order valence-electron chi connectivity index (χ3n) is 4.80. The maximum absolute atomic E-state index is 5.59. The van der Waals surface area contributed by atoms with Crippen LogP contribution in [0.15, 0.2) is 42.6 Å². The molecule has 2 N–H and O–H groups in total. The van der Waals surface area contributed by atoms with Gasteiger partial charge in [-0.15, -0.1) is 0 Å². The van der Waals surface area contributed by atoms with E-state index in [-0.39, 0.29) is 0 Å². The van der Waals surface area contributed by atoms with Crippen LogP contribution < -0.4 is 10.6 Å². The van der Waals surface area contributed by atoms with E-state index in [0.29, 0.717) is 6.54 Å². The van der Waals surface area contributed by atoms with E-state index >= 15 is 0 Å². The largest absolute Gasteiger partial charge is 0.368 e. The Morgan fingerprint density at radius 3 is 2.12 bits per heavy atom. The summed E-state index contributed by atoms with van der Waals surface area (Å²) >= 11 is 0. The van der Waals surface area contributed by atoms with Gasteiger partial charge in [-0.05, 0) is 56.1 Å². The minimum absolute atomic E-state index is 0.711. The molecule has 1 aromatic heterocycles. The van der Waals surface area contributed by atoms with Crippen LogP contribution in [0.5, 0.6) is 0 Å². The molecule has 4 nitrogen and oxygen atoms in total. The maximum Gasteiger partial charge on any atom is 0.0553 e. The Balaban J connectivity index is 1.52. The zero-order valence-electron chi connectivity index (χ0n) is 14.6. The molecule has 0 amide bonds. The summed E-state index contributed by atoms with van der Waals surface area (Å²) in [4.78, 5) is 9.46. The van der Waals surface area contributed by atoms with E-state index in [9.17, 15) is 0 Å². The molecule has 0 saturated carbocycles. The zero-order valence-corrected chi connectivity index (χ0v) is 14.6. The summed E-state index contributed by atoms with van der Waals surface area (Å²) in [5.74, 6) is 0. The number of hydrogen-bond donors (Lipinski definition) is 1. The molecule has 1 aliphatic rings. The second kappa shape index (κ2) is 8.27. The first-order chi connectivity index (χ1) is 11.7. The van der Waals surface area contributed by atoms with Crippen molar-refractivity contribution in [1.82, 2.24) is 9.88 Å². The predicted molar refractivity (Wildman–Crippen MR) is 101 cm³/mol. The molecule has 2 heterocycles.